The number of carbonyl (C=O) groups excluding carboxylic acids is 1. The maximum Gasteiger partial charge on any atom is 0.310 e. The molecule has 0 saturated heterocycles. The fraction of sp³-hybridized carbons (Fsp3) is 0.167. The molecule has 8 heteroatoms. The zero-order valence-electron chi connectivity index (χ0n) is 10.5. The summed E-state index contributed by atoms with van der Waals surface area (Å²) in [5.74, 6) is -0.677. The number of hydrogen-bond acceptors (Lipinski definition) is 6. The van der Waals surface area contributed by atoms with Gasteiger partial charge in [-0.2, -0.15) is 5.10 Å². The molecule has 0 aliphatic carbocycles. The van der Waals surface area contributed by atoms with Crippen LogP contribution in [0.5, 0.6) is 5.06 Å². The predicted octanol–water partition coefficient (Wildman–Crippen LogP) is 0.615. The molecule has 7 nitrogen and oxygen atoms in total. The Balaban J connectivity index is 2.34. The van der Waals surface area contributed by atoms with Crippen molar-refractivity contribution in [2.24, 2.45) is 0 Å². The Morgan fingerprint density at radius 2 is 2.30 bits per heavy atom. The molecule has 0 fully saturated rings. The molecule has 2 rings (SSSR count). The second-order valence-corrected chi connectivity index (χ2v) is 4.75. The third-order valence-electron chi connectivity index (χ3n) is 2.55. The number of hydrogen-bond donors (Lipinski definition) is 2. The average Bonchev–Trinajstić information content (AvgIpc) is 2.82. The molecule has 0 radical (unpaired) electrons. The first kappa shape index (κ1) is 13.9. The van der Waals surface area contributed by atoms with Gasteiger partial charge in [0.15, 0.2) is 10.8 Å². The molecule has 2 aromatic rings. The summed E-state index contributed by atoms with van der Waals surface area (Å²) in [7, 11) is 0. The Hall–Kier alpha value is -2.48. The number of rotatable bonds is 4. The number of allylic oxidation sites excluding steroid dienone is 1. The van der Waals surface area contributed by atoms with Gasteiger partial charge in [0, 0.05) is 12.7 Å². The topological polar surface area (TPSA) is 105 Å². The van der Waals surface area contributed by atoms with Crippen LogP contribution in [0.25, 0.3) is 6.08 Å². The van der Waals surface area contributed by atoms with Crippen molar-refractivity contribution >= 4 is 23.2 Å². The van der Waals surface area contributed by atoms with Crippen molar-refractivity contribution in [1.82, 2.24) is 14.8 Å². The van der Waals surface area contributed by atoms with Gasteiger partial charge in [0.25, 0.3) is 5.56 Å². The summed E-state index contributed by atoms with van der Waals surface area (Å²) in [6.07, 6.45) is 4.24. The van der Waals surface area contributed by atoms with E-state index in [-0.39, 0.29) is 0 Å². The van der Waals surface area contributed by atoms with Crippen LogP contribution in [-0.4, -0.2) is 25.7 Å². The lowest BCUT2D eigenvalue weighted by atomic mass is 10.2. The second-order valence-electron chi connectivity index (χ2n) is 3.79. The molecule has 0 atom stereocenters. The van der Waals surface area contributed by atoms with Crippen LogP contribution in [-0.2, 0) is 6.54 Å². The second kappa shape index (κ2) is 5.66. The van der Waals surface area contributed by atoms with Crippen LogP contribution in [0.2, 0.25) is 0 Å². The molecule has 0 aliphatic heterocycles. The largest absolute Gasteiger partial charge is 0.499 e. The molecule has 0 amide bonds. The van der Waals surface area contributed by atoms with Crippen LogP contribution in [0.3, 0.4) is 0 Å². The molecule has 2 N–H and O–H groups in total. The van der Waals surface area contributed by atoms with Gasteiger partial charge in [-0.1, -0.05) is 0 Å². The minimum atomic E-state index is -0.898. The van der Waals surface area contributed by atoms with Crippen molar-refractivity contribution in [3.63, 3.8) is 0 Å². The van der Waals surface area contributed by atoms with Crippen LogP contribution < -0.4 is 10.4 Å². The molecule has 104 valence electrons. The smallest absolute Gasteiger partial charge is 0.310 e. The number of nitrogens with one attached hydrogen (secondary N) is 1. The number of H-pyrrole nitrogens is 1. The van der Waals surface area contributed by atoms with Crippen molar-refractivity contribution in [2.45, 2.75) is 13.5 Å². The van der Waals surface area contributed by atoms with Crippen LogP contribution in [0.1, 0.15) is 23.0 Å². The summed E-state index contributed by atoms with van der Waals surface area (Å²) in [6, 6.07) is 1.71. The fourth-order valence-electron chi connectivity index (χ4n) is 1.63. The number of nitrogens with zero attached hydrogens (tertiary/aromatic N) is 2. The quantitative estimate of drug-likeness (QED) is 0.635. The van der Waals surface area contributed by atoms with Gasteiger partial charge in [-0.15, -0.1) is 0 Å². The molecule has 0 aromatic carbocycles. The molecule has 0 unspecified atom stereocenters. The molecular formula is C12H11N3O4S. The molecule has 0 spiro atoms. The van der Waals surface area contributed by atoms with Gasteiger partial charge in [0.1, 0.15) is 5.56 Å². The standard InChI is InChI=1S/C12H11N3O4S/c1-2-15-7(5-6-13-15)3-4-8(16)9-10(17)14-12(19)20-11(9)18/h3-6,18H,2H2,1H3,(H,14,17,19). The summed E-state index contributed by atoms with van der Waals surface area (Å²) in [6.45, 7) is 2.54. The molecule has 0 bridgehead atoms. The Morgan fingerprint density at radius 3 is 2.95 bits per heavy atom. The van der Waals surface area contributed by atoms with Crippen molar-refractivity contribution in [3.05, 3.63) is 49.6 Å². The van der Waals surface area contributed by atoms with E-state index in [1.165, 1.54) is 6.08 Å². The number of aromatic hydroxyl groups is 1. The zero-order valence-corrected chi connectivity index (χ0v) is 11.3. The molecule has 2 aromatic heterocycles. The van der Waals surface area contributed by atoms with Crippen LogP contribution in [0.4, 0.5) is 0 Å². The minimum Gasteiger partial charge on any atom is -0.499 e. The number of aromatic amines is 1. The van der Waals surface area contributed by atoms with Gasteiger partial charge in [0.05, 0.1) is 5.69 Å². The Morgan fingerprint density at radius 1 is 1.55 bits per heavy atom. The van der Waals surface area contributed by atoms with Gasteiger partial charge < -0.3 is 5.11 Å². The van der Waals surface area contributed by atoms with E-state index in [0.29, 0.717) is 23.6 Å². The number of carbonyl (C=O) groups is 1. The van der Waals surface area contributed by atoms with Gasteiger partial charge in [-0.25, -0.2) is 0 Å². The normalized spacial score (nSPS) is 11.1. The van der Waals surface area contributed by atoms with Gasteiger partial charge in [0.2, 0.25) is 0 Å². The summed E-state index contributed by atoms with van der Waals surface area (Å²) in [5, 5.41) is 13.0. The van der Waals surface area contributed by atoms with Crippen LogP contribution in [0.15, 0.2) is 27.9 Å². The van der Waals surface area contributed by atoms with Crippen LogP contribution in [0, 0.1) is 0 Å². The zero-order chi connectivity index (χ0) is 14.7. The number of aryl methyl sites for hydroxylation is 1. The molecule has 0 aliphatic rings. The Bertz CT molecular complexity index is 784. The first-order valence-corrected chi connectivity index (χ1v) is 6.55. The van der Waals surface area contributed by atoms with E-state index < -0.39 is 26.8 Å². The maximum atomic E-state index is 11.9. The lowest BCUT2D eigenvalue weighted by Gasteiger charge is -1.99. The van der Waals surface area contributed by atoms with Crippen molar-refractivity contribution in [2.75, 3.05) is 0 Å². The van der Waals surface area contributed by atoms with Gasteiger partial charge in [-0.05, 0) is 36.5 Å². The molecule has 2 heterocycles. The van der Waals surface area contributed by atoms with Gasteiger partial charge >= 0.3 is 4.87 Å². The van der Waals surface area contributed by atoms with Crippen molar-refractivity contribution in [1.29, 1.82) is 0 Å². The van der Waals surface area contributed by atoms with Crippen LogP contribution >= 0.6 is 11.3 Å². The highest BCUT2D eigenvalue weighted by molar-refractivity contribution is 7.11. The Kier molecular flexibility index (Phi) is 3.94. The monoisotopic (exact) mass is 293 g/mol. The van der Waals surface area contributed by atoms with Crippen molar-refractivity contribution < 1.29 is 9.90 Å². The van der Waals surface area contributed by atoms with Gasteiger partial charge in [-0.3, -0.25) is 24.0 Å². The highest BCUT2D eigenvalue weighted by Crippen LogP contribution is 2.15. The van der Waals surface area contributed by atoms with E-state index >= 15 is 0 Å². The first-order chi connectivity index (χ1) is 9.52. The fourth-order valence-corrected chi connectivity index (χ4v) is 2.24. The molecular weight excluding hydrogens is 282 g/mol. The van der Waals surface area contributed by atoms with E-state index in [1.54, 1.807) is 16.9 Å². The summed E-state index contributed by atoms with van der Waals surface area (Å²) in [5.41, 5.74) is -0.640. The SMILES string of the molecule is CCn1nccc1C=CC(=O)c1c(O)sc(=O)[nH]c1=O. The maximum absolute atomic E-state index is 11.9. The molecule has 0 saturated carbocycles. The van der Waals surface area contributed by atoms with E-state index in [4.69, 9.17) is 0 Å². The highest BCUT2D eigenvalue weighted by Gasteiger charge is 2.15. The Labute approximate surface area is 116 Å². The van der Waals surface area contributed by atoms with E-state index in [2.05, 4.69) is 5.10 Å². The molecule has 20 heavy (non-hydrogen) atoms. The average molecular weight is 293 g/mol. The van der Waals surface area contributed by atoms with E-state index in [0.717, 1.165) is 6.08 Å². The lowest BCUT2D eigenvalue weighted by molar-refractivity contribution is 0.104. The number of ketones is 1. The van der Waals surface area contributed by atoms with Crippen molar-refractivity contribution in [3.8, 4) is 5.06 Å². The third kappa shape index (κ3) is 2.75. The third-order valence-corrected chi connectivity index (χ3v) is 3.23. The summed E-state index contributed by atoms with van der Waals surface area (Å²) < 4.78 is 1.66. The first-order valence-electron chi connectivity index (χ1n) is 5.73. The number of aromatic nitrogens is 3. The summed E-state index contributed by atoms with van der Waals surface area (Å²) >= 11 is 0.404. The lowest BCUT2D eigenvalue weighted by Crippen LogP contribution is -2.22. The highest BCUT2D eigenvalue weighted by atomic mass is 32.1. The van der Waals surface area contributed by atoms with E-state index in [9.17, 15) is 19.5 Å². The predicted molar refractivity (Wildman–Crippen MR) is 74.1 cm³/mol. The van der Waals surface area contributed by atoms with E-state index in [1.807, 2.05) is 11.9 Å². The minimum absolute atomic E-state index is 0.404. The summed E-state index contributed by atoms with van der Waals surface area (Å²) in [4.78, 5) is 35.6.